The van der Waals surface area contributed by atoms with Gasteiger partial charge in [-0.15, -0.1) is 0 Å². The van der Waals surface area contributed by atoms with E-state index in [1.165, 1.54) is 0 Å². The molecule has 0 saturated carbocycles. The molecule has 0 bridgehead atoms. The van der Waals surface area contributed by atoms with Gasteiger partial charge in [0.2, 0.25) is 0 Å². The molecular weight excluding hydrogens is 320 g/mol. The summed E-state index contributed by atoms with van der Waals surface area (Å²) in [6.45, 7) is 8.83. The van der Waals surface area contributed by atoms with Gasteiger partial charge in [0.05, 0.1) is 6.54 Å². The SMILES string of the molecule is COCCC(C)Nc1ccc2c(c1)CC(CNC(=O)OC(C)(C)C)O2. The number of amides is 1. The zero-order chi connectivity index (χ0) is 18.4. The van der Waals surface area contributed by atoms with E-state index in [4.69, 9.17) is 14.2 Å². The summed E-state index contributed by atoms with van der Waals surface area (Å²) >= 11 is 0. The van der Waals surface area contributed by atoms with Crippen LogP contribution in [0, 0.1) is 0 Å². The molecule has 25 heavy (non-hydrogen) atoms. The van der Waals surface area contributed by atoms with E-state index in [1.54, 1.807) is 7.11 Å². The Bertz CT molecular complexity index is 583. The Hall–Kier alpha value is -1.95. The average molecular weight is 350 g/mol. The van der Waals surface area contributed by atoms with Gasteiger partial charge in [0, 0.05) is 31.9 Å². The summed E-state index contributed by atoms with van der Waals surface area (Å²) < 4.78 is 16.2. The van der Waals surface area contributed by atoms with Crippen LogP contribution in [0.15, 0.2) is 18.2 Å². The lowest BCUT2D eigenvalue weighted by atomic mass is 10.1. The fraction of sp³-hybridized carbons (Fsp3) is 0.632. The number of rotatable bonds is 7. The van der Waals surface area contributed by atoms with Crippen molar-refractivity contribution in [3.63, 3.8) is 0 Å². The molecule has 0 saturated heterocycles. The first kappa shape index (κ1) is 19.4. The first-order valence-corrected chi connectivity index (χ1v) is 8.79. The highest BCUT2D eigenvalue weighted by molar-refractivity contribution is 5.67. The molecule has 2 N–H and O–H groups in total. The van der Waals surface area contributed by atoms with Crippen molar-refractivity contribution >= 4 is 11.8 Å². The molecule has 1 amide bonds. The molecule has 1 aromatic rings. The van der Waals surface area contributed by atoms with Crippen molar-refractivity contribution in [1.82, 2.24) is 5.32 Å². The van der Waals surface area contributed by atoms with Crippen LogP contribution in [0.4, 0.5) is 10.5 Å². The van der Waals surface area contributed by atoms with Crippen molar-refractivity contribution in [2.45, 2.75) is 58.3 Å². The van der Waals surface area contributed by atoms with Gasteiger partial charge in [-0.1, -0.05) is 0 Å². The normalized spacial score (nSPS) is 17.4. The lowest BCUT2D eigenvalue weighted by Gasteiger charge is -2.20. The molecule has 2 rings (SSSR count). The van der Waals surface area contributed by atoms with E-state index in [9.17, 15) is 4.79 Å². The van der Waals surface area contributed by atoms with Crippen molar-refractivity contribution in [2.75, 3.05) is 25.6 Å². The molecular formula is C19H30N2O4. The highest BCUT2D eigenvalue weighted by atomic mass is 16.6. The molecule has 1 aliphatic rings. The molecule has 0 radical (unpaired) electrons. The van der Waals surface area contributed by atoms with Crippen LogP contribution in [0.5, 0.6) is 5.75 Å². The van der Waals surface area contributed by atoms with Crippen molar-refractivity contribution in [2.24, 2.45) is 0 Å². The van der Waals surface area contributed by atoms with Gasteiger partial charge in [-0.05, 0) is 57.9 Å². The minimum atomic E-state index is -0.496. The minimum absolute atomic E-state index is 0.0660. The lowest BCUT2D eigenvalue weighted by molar-refractivity contribution is 0.0506. The zero-order valence-corrected chi connectivity index (χ0v) is 15.8. The second kappa shape index (κ2) is 8.43. The fourth-order valence-electron chi connectivity index (χ4n) is 2.69. The van der Waals surface area contributed by atoms with Crippen molar-refractivity contribution in [3.05, 3.63) is 23.8 Å². The van der Waals surface area contributed by atoms with Crippen LogP contribution in [0.3, 0.4) is 0 Å². The number of benzene rings is 1. The average Bonchev–Trinajstić information content (AvgIpc) is 2.91. The number of anilines is 1. The number of carbonyl (C=O) groups is 1. The Morgan fingerprint density at radius 3 is 2.84 bits per heavy atom. The molecule has 140 valence electrons. The van der Waals surface area contributed by atoms with E-state index in [2.05, 4.69) is 23.6 Å². The summed E-state index contributed by atoms with van der Waals surface area (Å²) in [5, 5.41) is 6.24. The summed E-state index contributed by atoms with van der Waals surface area (Å²) in [4.78, 5) is 11.7. The molecule has 0 aliphatic carbocycles. The topological polar surface area (TPSA) is 68.8 Å². The van der Waals surface area contributed by atoms with Crippen LogP contribution in [-0.2, 0) is 15.9 Å². The first-order valence-electron chi connectivity index (χ1n) is 8.79. The molecule has 1 aromatic carbocycles. The molecule has 1 aliphatic heterocycles. The molecule has 0 fully saturated rings. The minimum Gasteiger partial charge on any atom is -0.488 e. The summed E-state index contributed by atoms with van der Waals surface area (Å²) in [6, 6.07) is 6.46. The molecule has 0 aromatic heterocycles. The molecule has 6 nitrogen and oxygen atoms in total. The number of ether oxygens (including phenoxy) is 3. The Kier molecular flexibility index (Phi) is 6.53. The second-order valence-electron chi connectivity index (χ2n) is 7.48. The Balaban J connectivity index is 1.83. The summed E-state index contributed by atoms with van der Waals surface area (Å²) in [6.07, 6.45) is 1.24. The Morgan fingerprint density at radius 2 is 2.16 bits per heavy atom. The Morgan fingerprint density at radius 1 is 1.40 bits per heavy atom. The van der Waals surface area contributed by atoms with E-state index in [1.807, 2.05) is 32.9 Å². The van der Waals surface area contributed by atoms with Crippen LogP contribution in [-0.4, -0.2) is 44.1 Å². The van der Waals surface area contributed by atoms with E-state index in [-0.39, 0.29) is 6.10 Å². The van der Waals surface area contributed by atoms with Gasteiger partial charge in [-0.25, -0.2) is 4.79 Å². The standard InChI is InChI=1S/C19H30N2O4/c1-13(8-9-23-5)21-15-6-7-17-14(10-15)11-16(24-17)12-20-18(22)25-19(2,3)4/h6-7,10,13,16,21H,8-9,11-12H2,1-5H3,(H,20,22). The van der Waals surface area contributed by atoms with Crippen LogP contribution in [0.2, 0.25) is 0 Å². The van der Waals surface area contributed by atoms with Crippen LogP contribution < -0.4 is 15.4 Å². The van der Waals surface area contributed by atoms with Gasteiger partial charge in [-0.2, -0.15) is 0 Å². The van der Waals surface area contributed by atoms with Gasteiger partial charge < -0.3 is 24.8 Å². The van der Waals surface area contributed by atoms with Gasteiger partial charge in [0.25, 0.3) is 0 Å². The number of fused-ring (bicyclic) bond motifs is 1. The molecule has 2 atom stereocenters. The second-order valence-corrected chi connectivity index (χ2v) is 7.48. The van der Waals surface area contributed by atoms with Crippen molar-refractivity contribution < 1.29 is 19.0 Å². The Labute approximate surface area is 150 Å². The molecule has 2 unspecified atom stereocenters. The smallest absolute Gasteiger partial charge is 0.407 e. The number of hydrogen-bond acceptors (Lipinski definition) is 5. The van der Waals surface area contributed by atoms with Crippen molar-refractivity contribution in [1.29, 1.82) is 0 Å². The highest BCUT2D eigenvalue weighted by Crippen LogP contribution is 2.31. The van der Waals surface area contributed by atoms with Crippen LogP contribution in [0.25, 0.3) is 0 Å². The van der Waals surface area contributed by atoms with E-state index >= 15 is 0 Å². The lowest BCUT2D eigenvalue weighted by Crippen LogP contribution is -2.38. The zero-order valence-electron chi connectivity index (χ0n) is 15.8. The monoisotopic (exact) mass is 350 g/mol. The predicted octanol–water partition coefficient (Wildman–Crippen LogP) is 3.35. The van der Waals surface area contributed by atoms with Crippen LogP contribution >= 0.6 is 0 Å². The van der Waals surface area contributed by atoms with Gasteiger partial charge in [0.1, 0.15) is 17.5 Å². The summed E-state index contributed by atoms with van der Waals surface area (Å²) in [7, 11) is 1.71. The van der Waals surface area contributed by atoms with Gasteiger partial charge in [-0.3, -0.25) is 0 Å². The maximum atomic E-state index is 11.7. The quantitative estimate of drug-likeness (QED) is 0.789. The number of hydrogen-bond donors (Lipinski definition) is 2. The maximum Gasteiger partial charge on any atom is 0.407 e. The van der Waals surface area contributed by atoms with Crippen LogP contribution in [0.1, 0.15) is 39.7 Å². The molecule has 0 spiro atoms. The number of nitrogens with one attached hydrogen (secondary N) is 2. The summed E-state index contributed by atoms with van der Waals surface area (Å²) in [5.74, 6) is 0.881. The summed E-state index contributed by atoms with van der Waals surface area (Å²) in [5.41, 5.74) is 1.73. The van der Waals surface area contributed by atoms with E-state index in [0.717, 1.165) is 36.4 Å². The van der Waals surface area contributed by atoms with E-state index in [0.29, 0.717) is 12.6 Å². The number of methoxy groups -OCH3 is 1. The first-order chi connectivity index (χ1) is 11.8. The van der Waals surface area contributed by atoms with Gasteiger partial charge >= 0.3 is 6.09 Å². The predicted molar refractivity (Wildman–Crippen MR) is 98.4 cm³/mol. The highest BCUT2D eigenvalue weighted by Gasteiger charge is 2.25. The van der Waals surface area contributed by atoms with Gasteiger partial charge in [0.15, 0.2) is 0 Å². The molecule has 1 heterocycles. The van der Waals surface area contributed by atoms with E-state index < -0.39 is 11.7 Å². The van der Waals surface area contributed by atoms with Crippen molar-refractivity contribution in [3.8, 4) is 5.75 Å². The largest absolute Gasteiger partial charge is 0.488 e. The maximum absolute atomic E-state index is 11.7. The number of carbonyl (C=O) groups excluding carboxylic acids is 1. The number of alkyl carbamates (subject to hydrolysis) is 1. The third kappa shape index (κ3) is 6.46. The third-order valence-electron chi connectivity index (χ3n) is 3.84. The fourth-order valence-corrected chi connectivity index (χ4v) is 2.69. The molecule has 6 heteroatoms. The third-order valence-corrected chi connectivity index (χ3v) is 3.84.